The average Bonchev–Trinajstić information content (AvgIpc) is 2.89. The zero-order chi connectivity index (χ0) is 27.3. The first kappa shape index (κ1) is 28.5. The quantitative estimate of drug-likeness (QED) is 0.120. The van der Waals surface area contributed by atoms with Gasteiger partial charge in [-0.1, -0.05) is 61.0 Å². The van der Waals surface area contributed by atoms with Crippen molar-refractivity contribution in [3.63, 3.8) is 0 Å². The number of hydrogen-bond acceptors (Lipinski definition) is 5. The van der Waals surface area contributed by atoms with E-state index in [0.29, 0.717) is 40.8 Å². The zero-order valence-corrected chi connectivity index (χ0v) is 22.4. The third-order valence-electron chi connectivity index (χ3n) is 5.54. The Hall–Kier alpha value is -4.10. The highest BCUT2D eigenvalue weighted by molar-refractivity contribution is 6.31. The standard InChI is InChI=1S/C30H32ClN3O4/c1-4-11-23-16-21(17-27(37-6-3)30(23)38-20-24-13-7-9-14-25(24)31)19-32-34-29(36)18-28(35)33-26-15-10-8-12-22(26)5-2/h4,7-10,12-17,19H,1,5-6,11,18,20H2,2-3H3,(H,33,35)(H,34,36). The summed E-state index contributed by atoms with van der Waals surface area (Å²) in [6.07, 6.45) is 4.22. The molecule has 0 saturated heterocycles. The number of rotatable bonds is 13. The number of nitrogens with zero attached hydrogens (tertiary/aromatic N) is 1. The second-order valence-electron chi connectivity index (χ2n) is 8.34. The van der Waals surface area contributed by atoms with E-state index in [1.807, 2.05) is 68.4 Å². The van der Waals surface area contributed by atoms with Gasteiger partial charge in [0, 0.05) is 21.8 Å². The minimum atomic E-state index is -0.524. The summed E-state index contributed by atoms with van der Waals surface area (Å²) < 4.78 is 12.0. The van der Waals surface area contributed by atoms with Crippen molar-refractivity contribution in [2.24, 2.45) is 5.10 Å². The second kappa shape index (κ2) is 14.6. The van der Waals surface area contributed by atoms with Crippen molar-refractivity contribution in [3.8, 4) is 11.5 Å². The Morgan fingerprint density at radius 2 is 1.71 bits per heavy atom. The van der Waals surface area contributed by atoms with Crippen molar-refractivity contribution >= 4 is 35.3 Å². The molecular formula is C30H32ClN3O4. The van der Waals surface area contributed by atoms with Gasteiger partial charge in [0.2, 0.25) is 11.8 Å². The van der Waals surface area contributed by atoms with Gasteiger partial charge in [-0.15, -0.1) is 6.58 Å². The van der Waals surface area contributed by atoms with Gasteiger partial charge >= 0.3 is 0 Å². The molecule has 0 saturated carbocycles. The lowest BCUT2D eigenvalue weighted by molar-refractivity contribution is -0.126. The van der Waals surface area contributed by atoms with E-state index in [0.717, 1.165) is 23.1 Å². The number of carbonyl (C=O) groups is 2. The smallest absolute Gasteiger partial charge is 0.249 e. The van der Waals surface area contributed by atoms with Gasteiger partial charge in [0.1, 0.15) is 13.0 Å². The van der Waals surface area contributed by atoms with Gasteiger partial charge in [-0.05, 0) is 55.2 Å². The van der Waals surface area contributed by atoms with Crippen LogP contribution < -0.4 is 20.2 Å². The molecule has 0 aliphatic heterocycles. The highest BCUT2D eigenvalue weighted by Gasteiger charge is 2.15. The molecule has 3 aromatic carbocycles. The maximum atomic E-state index is 12.3. The molecule has 0 heterocycles. The van der Waals surface area contributed by atoms with Crippen LogP contribution in [0, 0.1) is 0 Å². The highest BCUT2D eigenvalue weighted by Crippen LogP contribution is 2.34. The lowest BCUT2D eigenvalue weighted by Crippen LogP contribution is -2.25. The highest BCUT2D eigenvalue weighted by atomic mass is 35.5. The number of anilines is 1. The summed E-state index contributed by atoms with van der Waals surface area (Å²) in [7, 11) is 0. The number of halogens is 1. The van der Waals surface area contributed by atoms with Crippen molar-refractivity contribution < 1.29 is 19.1 Å². The Labute approximate surface area is 228 Å². The van der Waals surface area contributed by atoms with E-state index in [2.05, 4.69) is 22.4 Å². The van der Waals surface area contributed by atoms with Crippen molar-refractivity contribution in [1.29, 1.82) is 0 Å². The molecule has 3 aromatic rings. The Balaban J connectivity index is 1.68. The van der Waals surface area contributed by atoms with Crippen LogP contribution in [0.1, 0.15) is 42.5 Å². The Morgan fingerprint density at radius 1 is 0.974 bits per heavy atom. The van der Waals surface area contributed by atoms with Gasteiger partial charge in [-0.2, -0.15) is 5.10 Å². The van der Waals surface area contributed by atoms with Gasteiger partial charge in [-0.25, -0.2) is 5.43 Å². The maximum Gasteiger partial charge on any atom is 0.249 e. The average molecular weight is 534 g/mol. The monoisotopic (exact) mass is 533 g/mol. The molecule has 0 fully saturated rings. The number of aryl methyl sites for hydroxylation is 1. The number of ether oxygens (including phenoxy) is 2. The van der Waals surface area contributed by atoms with Gasteiger partial charge in [0.25, 0.3) is 0 Å². The van der Waals surface area contributed by atoms with Crippen LogP contribution in [-0.4, -0.2) is 24.6 Å². The number of para-hydroxylation sites is 1. The number of nitrogens with one attached hydrogen (secondary N) is 2. The maximum absolute atomic E-state index is 12.3. The Kier molecular flexibility index (Phi) is 10.9. The van der Waals surface area contributed by atoms with Crippen molar-refractivity contribution in [1.82, 2.24) is 5.43 Å². The fraction of sp³-hybridized carbons (Fsp3) is 0.233. The summed E-state index contributed by atoms with van der Waals surface area (Å²) in [4.78, 5) is 24.6. The molecule has 8 heteroatoms. The summed E-state index contributed by atoms with van der Waals surface area (Å²) in [6.45, 7) is 8.44. The van der Waals surface area contributed by atoms with Crippen molar-refractivity contribution in [2.45, 2.75) is 39.7 Å². The van der Waals surface area contributed by atoms with Crippen LogP contribution in [0.2, 0.25) is 5.02 Å². The minimum Gasteiger partial charge on any atom is -0.490 e. The van der Waals surface area contributed by atoms with Gasteiger partial charge in [0.05, 0.1) is 12.8 Å². The number of hydrogen-bond donors (Lipinski definition) is 2. The lowest BCUT2D eigenvalue weighted by Gasteiger charge is -2.17. The van der Waals surface area contributed by atoms with Crippen molar-refractivity contribution in [3.05, 3.63) is 101 Å². The van der Waals surface area contributed by atoms with E-state index in [4.69, 9.17) is 21.1 Å². The summed E-state index contributed by atoms with van der Waals surface area (Å²) in [5.41, 5.74) is 6.51. The van der Waals surface area contributed by atoms with E-state index < -0.39 is 11.8 Å². The van der Waals surface area contributed by atoms with E-state index >= 15 is 0 Å². The topological polar surface area (TPSA) is 89.0 Å². The molecule has 2 amide bonds. The number of benzene rings is 3. The molecule has 0 spiro atoms. The van der Waals surface area contributed by atoms with Crippen LogP contribution in [-0.2, 0) is 29.0 Å². The molecule has 0 aliphatic rings. The van der Waals surface area contributed by atoms with E-state index in [1.165, 1.54) is 6.21 Å². The lowest BCUT2D eigenvalue weighted by atomic mass is 10.1. The predicted molar refractivity (Wildman–Crippen MR) is 152 cm³/mol. The molecule has 198 valence electrons. The molecule has 2 N–H and O–H groups in total. The number of amides is 2. The summed E-state index contributed by atoms with van der Waals surface area (Å²) in [5.74, 6) is 0.201. The number of allylic oxidation sites excluding steroid dienone is 1. The second-order valence-corrected chi connectivity index (χ2v) is 8.75. The molecular weight excluding hydrogens is 502 g/mol. The fourth-order valence-corrected chi connectivity index (χ4v) is 3.96. The van der Waals surface area contributed by atoms with Crippen LogP contribution in [0.3, 0.4) is 0 Å². The fourth-order valence-electron chi connectivity index (χ4n) is 3.77. The van der Waals surface area contributed by atoms with Crippen molar-refractivity contribution in [2.75, 3.05) is 11.9 Å². The molecule has 0 aromatic heterocycles. The number of carbonyl (C=O) groups excluding carboxylic acids is 2. The predicted octanol–water partition coefficient (Wildman–Crippen LogP) is 6.09. The molecule has 0 atom stereocenters. The molecule has 0 bridgehead atoms. The molecule has 0 aliphatic carbocycles. The minimum absolute atomic E-state index is 0.276. The first-order valence-corrected chi connectivity index (χ1v) is 12.8. The molecule has 7 nitrogen and oxygen atoms in total. The summed E-state index contributed by atoms with van der Waals surface area (Å²) in [6, 6.07) is 18.6. The van der Waals surface area contributed by atoms with Crippen LogP contribution in [0.4, 0.5) is 5.69 Å². The van der Waals surface area contributed by atoms with E-state index in [9.17, 15) is 9.59 Å². The molecule has 38 heavy (non-hydrogen) atoms. The largest absolute Gasteiger partial charge is 0.490 e. The summed E-state index contributed by atoms with van der Waals surface area (Å²) >= 11 is 6.28. The molecule has 3 rings (SSSR count). The van der Waals surface area contributed by atoms with Crippen LogP contribution in [0.25, 0.3) is 0 Å². The summed E-state index contributed by atoms with van der Waals surface area (Å²) in [5, 5.41) is 7.43. The van der Waals surface area contributed by atoms with E-state index in [1.54, 1.807) is 12.1 Å². The van der Waals surface area contributed by atoms with Crippen LogP contribution in [0.15, 0.2) is 78.4 Å². The van der Waals surface area contributed by atoms with Gasteiger partial charge in [-0.3, -0.25) is 9.59 Å². The number of hydrazone groups is 1. The third kappa shape index (κ3) is 8.21. The Morgan fingerprint density at radius 3 is 2.42 bits per heavy atom. The third-order valence-corrected chi connectivity index (χ3v) is 5.91. The first-order chi connectivity index (χ1) is 18.4. The first-order valence-electron chi connectivity index (χ1n) is 12.4. The van der Waals surface area contributed by atoms with E-state index in [-0.39, 0.29) is 13.0 Å². The van der Waals surface area contributed by atoms with Gasteiger partial charge in [0.15, 0.2) is 11.5 Å². The van der Waals surface area contributed by atoms with Crippen LogP contribution in [0.5, 0.6) is 11.5 Å². The SMILES string of the molecule is C=CCc1cc(C=NNC(=O)CC(=O)Nc2ccccc2CC)cc(OCC)c1OCc1ccccc1Cl. The van der Waals surface area contributed by atoms with Crippen LogP contribution >= 0.6 is 11.6 Å². The zero-order valence-electron chi connectivity index (χ0n) is 21.6. The molecule has 0 radical (unpaired) electrons. The Bertz CT molecular complexity index is 1310. The normalized spacial score (nSPS) is 10.7. The molecule has 0 unspecified atom stereocenters. The van der Waals surface area contributed by atoms with Gasteiger partial charge < -0.3 is 14.8 Å².